The number of allylic oxidation sites excluding steroid dienone is 1. The molecule has 1 saturated heterocycles. The largest absolute Gasteiger partial charge is 0.505 e. The van der Waals surface area contributed by atoms with Crippen molar-refractivity contribution >= 4 is 21.0 Å². The highest BCUT2D eigenvalue weighted by Crippen LogP contribution is 2.48. The lowest BCUT2D eigenvalue weighted by Gasteiger charge is -2.31. The van der Waals surface area contributed by atoms with Crippen molar-refractivity contribution in [1.82, 2.24) is 4.90 Å². The van der Waals surface area contributed by atoms with Gasteiger partial charge in [-0.3, -0.25) is 4.90 Å². The Hall–Kier alpha value is -3.36. The van der Waals surface area contributed by atoms with Gasteiger partial charge in [-0.1, -0.05) is 31.2 Å². The molecule has 0 radical (unpaired) electrons. The molecular weight excluding hydrogens is 517 g/mol. The maximum absolute atomic E-state index is 15.1. The van der Waals surface area contributed by atoms with Crippen LogP contribution >= 0.6 is 0 Å². The third kappa shape index (κ3) is 5.54. The average Bonchev–Trinajstić information content (AvgIpc) is 3.35. The first-order valence-corrected chi connectivity index (χ1v) is 15.1. The Kier molecular flexibility index (Phi) is 7.44. The minimum atomic E-state index is -3.46. The van der Waals surface area contributed by atoms with E-state index in [1.807, 2.05) is 24.3 Å². The number of sulfone groups is 1. The SMILES string of the molecule is CC1=C(c2cccc(S(C)(=O)=O)c2)C(c2ccc(OC[C@H](C)N3CC[C@@H](C)C3)cc2)Oc2ccc(O)c(F)c21. The van der Waals surface area contributed by atoms with Crippen LogP contribution in [0.25, 0.3) is 11.1 Å². The smallest absolute Gasteiger partial charge is 0.176 e. The monoisotopic (exact) mass is 551 g/mol. The van der Waals surface area contributed by atoms with Crippen molar-refractivity contribution in [3.05, 3.63) is 83.2 Å². The number of nitrogens with zero attached hydrogens (tertiary/aromatic N) is 1. The Bertz CT molecular complexity index is 1520. The van der Waals surface area contributed by atoms with E-state index >= 15 is 4.39 Å². The normalized spacial score (nSPS) is 20.4. The van der Waals surface area contributed by atoms with E-state index < -0.39 is 27.5 Å². The van der Waals surface area contributed by atoms with Crippen LogP contribution in [0.2, 0.25) is 0 Å². The Morgan fingerprint density at radius 3 is 2.56 bits per heavy atom. The van der Waals surface area contributed by atoms with Crippen LogP contribution < -0.4 is 9.47 Å². The molecule has 2 aliphatic heterocycles. The van der Waals surface area contributed by atoms with Crippen molar-refractivity contribution in [3.63, 3.8) is 0 Å². The lowest BCUT2D eigenvalue weighted by molar-refractivity contribution is 0.169. The fraction of sp³-hybridized carbons (Fsp3) is 0.355. The summed E-state index contributed by atoms with van der Waals surface area (Å²) in [6, 6.07) is 17.3. The highest BCUT2D eigenvalue weighted by atomic mass is 32.2. The maximum Gasteiger partial charge on any atom is 0.176 e. The fourth-order valence-corrected chi connectivity index (χ4v) is 6.11. The number of hydrogen-bond donors (Lipinski definition) is 1. The molecule has 2 aliphatic rings. The molecular formula is C31H34FNO5S. The average molecular weight is 552 g/mol. The predicted molar refractivity (Wildman–Crippen MR) is 150 cm³/mol. The molecule has 2 heterocycles. The molecule has 8 heteroatoms. The summed E-state index contributed by atoms with van der Waals surface area (Å²) in [6.45, 7) is 9.00. The van der Waals surface area contributed by atoms with Crippen molar-refractivity contribution in [2.24, 2.45) is 5.92 Å². The number of hydrogen-bond acceptors (Lipinski definition) is 6. The second-order valence-electron chi connectivity index (χ2n) is 10.7. The lowest BCUT2D eigenvalue weighted by atomic mass is 9.86. The minimum Gasteiger partial charge on any atom is -0.505 e. The Morgan fingerprint density at radius 2 is 1.90 bits per heavy atom. The fourth-order valence-electron chi connectivity index (χ4n) is 5.44. The molecule has 3 aromatic carbocycles. The van der Waals surface area contributed by atoms with E-state index in [0.29, 0.717) is 41.0 Å². The number of fused-ring (bicyclic) bond motifs is 1. The van der Waals surface area contributed by atoms with Gasteiger partial charge >= 0.3 is 0 Å². The van der Waals surface area contributed by atoms with E-state index in [-0.39, 0.29) is 10.5 Å². The van der Waals surface area contributed by atoms with Crippen LogP contribution in [0.15, 0.2) is 65.6 Å². The second-order valence-corrected chi connectivity index (χ2v) is 12.7. The van der Waals surface area contributed by atoms with Gasteiger partial charge in [0.05, 0.1) is 10.5 Å². The van der Waals surface area contributed by atoms with Crippen LogP contribution in [0.5, 0.6) is 17.2 Å². The van der Waals surface area contributed by atoms with Gasteiger partial charge in [-0.25, -0.2) is 12.8 Å². The third-order valence-electron chi connectivity index (χ3n) is 7.70. The van der Waals surface area contributed by atoms with Gasteiger partial charge in [0.25, 0.3) is 0 Å². The van der Waals surface area contributed by atoms with E-state index in [1.54, 1.807) is 31.2 Å². The van der Waals surface area contributed by atoms with Gasteiger partial charge < -0.3 is 14.6 Å². The number of rotatable bonds is 7. The minimum absolute atomic E-state index is 0.159. The molecule has 1 fully saturated rings. The molecule has 0 spiro atoms. The summed E-state index contributed by atoms with van der Waals surface area (Å²) in [4.78, 5) is 2.61. The third-order valence-corrected chi connectivity index (χ3v) is 8.81. The van der Waals surface area contributed by atoms with E-state index in [9.17, 15) is 13.5 Å². The number of halogens is 1. The van der Waals surface area contributed by atoms with Crippen molar-refractivity contribution < 1.29 is 27.4 Å². The molecule has 5 rings (SSSR count). The molecule has 0 aromatic heterocycles. The van der Waals surface area contributed by atoms with Crippen molar-refractivity contribution in [2.45, 2.75) is 44.2 Å². The zero-order valence-corrected chi connectivity index (χ0v) is 23.5. The number of ether oxygens (including phenoxy) is 2. The number of phenols is 1. The highest BCUT2D eigenvalue weighted by molar-refractivity contribution is 7.90. The molecule has 39 heavy (non-hydrogen) atoms. The summed E-state index contributed by atoms with van der Waals surface area (Å²) in [6.07, 6.45) is 1.74. The summed E-state index contributed by atoms with van der Waals surface area (Å²) in [5, 5.41) is 10.0. The number of benzene rings is 3. The summed E-state index contributed by atoms with van der Waals surface area (Å²) in [5.74, 6) is 0.522. The van der Waals surface area contributed by atoms with Gasteiger partial charge in [0.15, 0.2) is 21.4 Å². The topological polar surface area (TPSA) is 76.1 Å². The van der Waals surface area contributed by atoms with Crippen molar-refractivity contribution in [3.8, 4) is 17.2 Å². The molecule has 0 saturated carbocycles. The molecule has 6 nitrogen and oxygen atoms in total. The van der Waals surface area contributed by atoms with Gasteiger partial charge in [-0.2, -0.15) is 0 Å². The van der Waals surface area contributed by atoms with Crippen LogP contribution in [-0.2, 0) is 9.84 Å². The predicted octanol–water partition coefficient (Wildman–Crippen LogP) is 6.11. The maximum atomic E-state index is 15.1. The number of likely N-dealkylation sites (tertiary alicyclic amines) is 1. The standard InChI is InChI=1S/C31H34FNO5S/c1-19-14-15-33(17-19)20(2)18-37-24-10-8-22(9-11-24)31-28(23-6-5-7-25(16-23)39(4,35)36)21(3)29-27(38-31)13-12-26(34)30(29)32/h5-13,16,19-20,31,34H,14-15,17-18H2,1-4H3/t19-,20+,31?/m1/s1. The number of aromatic hydroxyl groups is 1. The molecule has 206 valence electrons. The lowest BCUT2D eigenvalue weighted by Crippen LogP contribution is -2.35. The molecule has 0 bridgehead atoms. The first-order valence-electron chi connectivity index (χ1n) is 13.2. The molecule has 3 aromatic rings. The van der Waals surface area contributed by atoms with Gasteiger partial charge in [0.1, 0.15) is 24.2 Å². The molecule has 0 amide bonds. The van der Waals surface area contributed by atoms with Crippen LogP contribution in [0.4, 0.5) is 4.39 Å². The Labute approximate surface area is 229 Å². The zero-order valence-electron chi connectivity index (χ0n) is 22.6. The first kappa shape index (κ1) is 27.2. The molecule has 1 N–H and O–H groups in total. The zero-order chi connectivity index (χ0) is 27.9. The summed E-state index contributed by atoms with van der Waals surface area (Å²) < 4.78 is 52.1. The summed E-state index contributed by atoms with van der Waals surface area (Å²) in [7, 11) is -3.46. The van der Waals surface area contributed by atoms with Gasteiger partial charge in [-0.05, 0) is 85.8 Å². The van der Waals surface area contributed by atoms with Crippen molar-refractivity contribution in [1.29, 1.82) is 0 Å². The summed E-state index contributed by atoms with van der Waals surface area (Å²) in [5.41, 5.74) is 2.76. The van der Waals surface area contributed by atoms with Gasteiger partial charge in [-0.15, -0.1) is 0 Å². The van der Waals surface area contributed by atoms with Crippen molar-refractivity contribution in [2.75, 3.05) is 26.0 Å². The van der Waals surface area contributed by atoms with E-state index in [1.165, 1.54) is 18.6 Å². The number of phenolic OH excluding ortho intramolecular Hbond substituents is 1. The Balaban J connectivity index is 1.48. The van der Waals surface area contributed by atoms with Gasteiger partial charge in [0.2, 0.25) is 0 Å². The molecule has 1 unspecified atom stereocenters. The van der Waals surface area contributed by atoms with Crippen LogP contribution in [0.1, 0.15) is 50.0 Å². The molecule has 0 aliphatic carbocycles. The first-order chi connectivity index (χ1) is 18.5. The van der Waals surface area contributed by atoms with Crippen LogP contribution in [-0.4, -0.2) is 50.4 Å². The van der Waals surface area contributed by atoms with Crippen LogP contribution in [0.3, 0.4) is 0 Å². The quantitative estimate of drug-likeness (QED) is 0.382. The van der Waals surface area contributed by atoms with E-state index in [4.69, 9.17) is 9.47 Å². The Morgan fingerprint density at radius 1 is 1.15 bits per heavy atom. The van der Waals surface area contributed by atoms with Crippen LogP contribution in [0, 0.1) is 11.7 Å². The van der Waals surface area contributed by atoms with E-state index in [0.717, 1.165) is 30.7 Å². The summed E-state index contributed by atoms with van der Waals surface area (Å²) >= 11 is 0. The van der Waals surface area contributed by atoms with Gasteiger partial charge in [0, 0.05) is 24.4 Å². The highest BCUT2D eigenvalue weighted by Gasteiger charge is 2.32. The van der Waals surface area contributed by atoms with E-state index in [2.05, 4.69) is 18.7 Å². The molecule has 3 atom stereocenters. The second kappa shape index (κ2) is 10.7.